The van der Waals surface area contributed by atoms with Crippen molar-refractivity contribution < 1.29 is 19.4 Å². The van der Waals surface area contributed by atoms with Crippen LogP contribution in [-0.2, 0) is 19.7 Å². The third-order valence-electron chi connectivity index (χ3n) is 3.16. The Balaban J connectivity index is 2.75. The highest BCUT2D eigenvalue weighted by atomic mass is 16.6. The highest BCUT2D eigenvalue weighted by Crippen LogP contribution is 2.33. The van der Waals surface area contributed by atoms with Crippen LogP contribution >= 0.6 is 0 Å². The zero-order valence-corrected chi connectivity index (χ0v) is 12.9. The van der Waals surface area contributed by atoms with Crippen LogP contribution in [0.15, 0.2) is 42.5 Å². The molecule has 0 aromatic heterocycles. The van der Waals surface area contributed by atoms with Crippen LogP contribution in [0.1, 0.15) is 39.7 Å². The van der Waals surface area contributed by atoms with Crippen LogP contribution in [0.4, 0.5) is 0 Å². The molecule has 4 nitrogen and oxygen atoms in total. The van der Waals surface area contributed by atoms with Crippen LogP contribution in [-0.4, -0.2) is 22.6 Å². The van der Waals surface area contributed by atoms with E-state index in [1.807, 2.05) is 44.2 Å². The van der Waals surface area contributed by atoms with Crippen molar-refractivity contribution in [2.24, 2.45) is 0 Å². The number of carboxylic acid groups (broad SMARTS) is 1. The van der Waals surface area contributed by atoms with Crippen molar-refractivity contribution in [3.8, 4) is 0 Å². The van der Waals surface area contributed by atoms with Crippen molar-refractivity contribution in [1.29, 1.82) is 0 Å². The number of carbonyl (C=O) groups is 2. The lowest BCUT2D eigenvalue weighted by Crippen LogP contribution is -2.35. The molecule has 0 saturated heterocycles. The Hall–Kier alpha value is -2.10. The minimum Gasteiger partial charge on any atom is -0.478 e. The van der Waals surface area contributed by atoms with Gasteiger partial charge >= 0.3 is 11.9 Å². The minimum absolute atomic E-state index is 0.165. The van der Waals surface area contributed by atoms with Gasteiger partial charge < -0.3 is 9.84 Å². The summed E-state index contributed by atoms with van der Waals surface area (Å²) in [5.41, 5.74) is 0.302. The number of carbonyl (C=O) groups excluding carboxylic acids is 1. The number of rotatable bonds is 6. The summed E-state index contributed by atoms with van der Waals surface area (Å²) in [5, 5.41) is 8.50. The van der Waals surface area contributed by atoms with Crippen molar-refractivity contribution in [2.45, 2.75) is 45.1 Å². The first-order valence-corrected chi connectivity index (χ1v) is 6.82. The van der Waals surface area contributed by atoms with E-state index in [4.69, 9.17) is 9.84 Å². The minimum atomic E-state index is -1.17. The topological polar surface area (TPSA) is 63.6 Å². The molecule has 21 heavy (non-hydrogen) atoms. The van der Waals surface area contributed by atoms with Crippen LogP contribution in [0.5, 0.6) is 0 Å². The molecule has 0 bridgehead atoms. The Morgan fingerprint density at radius 3 is 2.19 bits per heavy atom. The fraction of sp³-hybridized carbons (Fsp3) is 0.412. The Morgan fingerprint density at radius 2 is 1.67 bits per heavy atom. The maximum absolute atomic E-state index is 11.6. The van der Waals surface area contributed by atoms with Crippen LogP contribution in [0, 0.1) is 0 Å². The van der Waals surface area contributed by atoms with Gasteiger partial charge in [0.2, 0.25) is 0 Å². The van der Waals surface area contributed by atoms with E-state index in [0.717, 1.165) is 17.7 Å². The van der Waals surface area contributed by atoms with E-state index in [-0.39, 0.29) is 5.41 Å². The molecule has 4 heteroatoms. The van der Waals surface area contributed by atoms with Gasteiger partial charge in [-0.1, -0.05) is 44.2 Å². The van der Waals surface area contributed by atoms with E-state index in [9.17, 15) is 9.59 Å². The van der Waals surface area contributed by atoms with Gasteiger partial charge in [0.15, 0.2) is 0 Å². The molecule has 0 fully saturated rings. The number of hydrogen-bond donors (Lipinski definition) is 1. The number of hydrogen-bond acceptors (Lipinski definition) is 3. The predicted octanol–water partition coefficient (Wildman–Crippen LogP) is 3.32. The number of ether oxygens (including phenoxy) is 1. The van der Waals surface area contributed by atoms with Crippen LogP contribution in [0.2, 0.25) is 0 Å². The summed E-state index contributed by atoms with van der Waals surface area (Å²) in [6, 6.07) is 10.0. The van der Waals surface area contributed by atoms with Gasteiger partial charge in [0.05, 0.1) is 0 Å². The molecule has 0 heterocycles. The third-order valence-corrected chi connectivity index (χ3v) is 3.16. The Morgan fingerprint density at radius 1 is 1.10 bits per heavy atom. The lowest BCUT2D eigenvalue weighted by Gasteiger charge is -2.34. The first-order valence-electron chi connectivity index (χ1n) is 6.82. The van der Waals surface area contributed by atoms with Crippen molar-refractivity contribution in [1.82, 2.24) is 0 Å². The molecule has 114 valence electrons. The quantitative estimate of drug-likeness (QED) is 0.645. The van der Waals surface area contributed by atoms with Crippen LogP contribution in [0.25, 0.3) is 0 Å². The Kier molecular flexibility index (Phi) is 5.30. The van der Waals surface area contributed by atoms with Crippen molar-refractivity contribution >= 4 is 11.9 Å². The van der Waals surface area contributed by atoms with Gasteiger partial charge in [-0.05, 0) is 31.2 Å². The molecule has 1 N–H and O–H groups in total. The number of benzene rings is 1. The molecule has 0 aliphatic heterocycles. The molecule has 0 radical (unpaired) electrons. The first kappa shape index (κ1) is 17.0. The molecule has 0 aliphatic carbocycles. The summed E-state index contributed by atoms with van der Waals surface area (Å²) < 4.78 is 5.36. The van der Waals surface area contributed by atoms with Crippen molar-refractivity contribution in [3.63, 3.8) is 0 Å². The molecule has 1 rings (SSSR count). The predicted molar refractivity (Wildman–Crippen MR) is 81.0 cm³/mol. The summed E-state index contributed by atoms with van der Waals surface area (Å²) in [7, 11) is 0. The molecule has 0 amide bonds. The normalized spacial score (nSPS) is 12.4. The van der Waals surface area contributed by atoms with Crippen molar-refractivity contribution in [2.75, 3.05) is 0 Å². The fourth-order valence-electron chi connectivity index (χ4n) is 2.54. The summed E-state index contributed by atoms with van der Waals surface area (Å²) in [6.45, 7) is 7.82. The molecule has 0 atom stereocenters. The smallest absolute Gasteiger partial charge is 0.331 e. The van der Waals surface area contributed by atoms with Gasteiger partial charge in [-0.15, -0.1) is 0 Å². The maximum atomic E-state index is 11.6. The number of aliphatic carboxylic acids is 1. The summed E-state index contributed by atoms with van der Waals surface area (Å²) in [4.78, 5) is 22.0. The van der Waals surface area contributed by atoms with E-state index in [0.29, 0.717) is 6.42 Å². The highest BCUT2D eigenvalue weighted by molar-refractivity contribution is 5.90. The van der Waals surface area contributed by atoms with E-state index in [1.165, 1.54) is 0 Å². The largest absolute Gasteiger partial charge is 0.478 e. The van der Waals surface area contributed by atoms with Gasteiger partial charge in [-0.3, -0.25) is 0 Å². The third kappa shape index (κ3) is 5.81. The van der Waals surface area contributed by atoms with Gasteiger partial charge in [0.1, 0.15) is 5.60 Å². The average molecular weight is 290 g/mol. The van der Waals surface area contributed by atoms with Crippen molar-refractivity contribution in [3.05, 3.63) is 48.0 Å². The van der Waals surface area contributed by atoms with Crippen LogP contribution in [0.3, 0.4) is 0 Å². The standard InChI is InChI=1S/C17H22O4/c1-16(2,13-8-6-5-7-9-13)12-17(3,4)21-15(20)11-10-14(18)19/h5-11H,12H2,1-4H3,(H,18,19)/b11-10-. The lowest BCUT2D eigenvalue weighted by atomic mass is 9.76. The van der Waals surface area contributed by atoms with Crippen LogP contribution < -0.4 is 0 Å². The maximum Gasteiger partial charge on any atom is 0.331 e. The average Bonchev–Trinajstić information content (AvgIpc) is 2.35. The van der Waals surface area contributed by atoms with E-state index < -0.39 is 17.5 Å². The van der Waals surface area contributed by atoms with Gasteiger partial charge in [-0.25, -0.2) is 9.59 Å². The molecule has 0 saturated carbocycles. The molecule has 1 aromatic carbocycles. The van der Waals surface area contributed by atoms with E-state index in [2.05, 4.69) is 13.8 Å². The molecule has 0 spiro atoms. The second-order valence-corrected chi connectivity index (χ2v) is 6.28. The molecule has 1 aromatic rings. The Bertz CT molecular complexity index is 527. The zero-order chi connectivity index (χ0) is 16.1. The van der Waals surface area contributed by atoms with Gasteiger partial charge in [0, 0.05) is 12.2 Å². The zero-order valence-electron chi connectivity index (χ0n) is 12.9. The van der Waals surface area contributed by atoms with Gasteiger partial charge in [-0.2, -0.15) is 0 Å². The van der Waals surface area contributed by atoms with E-state index >= 15 is 0 Å². The molecular weight excluding hydrogens is 268 g/mol. The fourth-order valence-corrected chi connectivity index (χ4v) is 2.54. The Labute approximate surface area is 125 Å². The lowest BCUT2D eigenvalue weighted by molar-refractivity contribution is -0.152. The number of carboxylic acids is 1. The highest BCUT2D eigenvalue weighted by Gasteiger charge is 2.32. The second kappa shape index (κ2) is 6.57. The molecular formula is C17H22O4. The number of esters is 1. The second-order valence-electron chi connectivity index (χ2n) is 6.28. The summed E-state index contributed by atoms with van der Waals surface area (Å²) in [5.74, 6) is -1.82. The summed E-state index contributed by atoms with van der Waals surface area (Å²) in [6.07, 6.45) is 2.33. The monoisotopic (exact) mass is 290 g/mol. The first-order chi connectivity index (χ1) is 9.62. The molecule has 0 aliphatic rings. The van der Waals surface area contributed by atoms with Gasteiger partial charge in [0.25, 0.3) is 0 Å². The SMILES string of the molecule is CC(C)(CC(C)(C)c1ccccc1)OC(=O)/C=C\C(=O)O. The van der Waals surface area contributed by atoms with E-state index in [1.54, 1.807) is 0 Å². The summed E-state index contributed by atoms with van der Waals surface area (Å²) >= 11 is 0. The molecule has 0 unspecified atom stereocenters.